The first-order chi connectivity index (χ1) is 7.42. The van der Waals surface area contributed by atoms with Gasteiger partial charge in [0.2, 0.25) is 0 Å². The van der Waals surface area contributed by atoms with Crippen molar-refractivity contribution in [3.63, 3.8) is 0 Å². The molecule has 0 heterocycles. The van der Waals surface area contributed by atoms with Gasteiger partial charge in [0.05, 0.1) is 17.4 Å². The molecule has 0 saturated heterocycles. The molecule has 1 rings (SSSR count). The summed E-state index contributed by atoms with van der Waals surface area (Å²) in [5, 5.41) is 11.7. The highest BCUT2D eigenvalue weighted by Gasteiger charge is 2.04. The molecule has 0 aromatic heterocycles. The summed E-state index contributed by atoms with van der Waals surface area (Å²) in [4.78, 5) is 0. The zero-order valence-electron chi connectivity index (χ0n) is 8.70. The first-order valence-corrected chi connectivity index (χ1v) is 7.39. The molecule has 0 spiro atoms. The summed E-state index contributed by atoms with van der Waals surface area (Å²) in [5.41, 5.74) is 1.34. The Balaban J connectivity index is 2.66. The second-order valence-corrected chi connectivity index (χ2v) is 6.48. The van der Waals surface area contributed by atoms with Crippen LogP contribution in [0.1, 0.15) is 5.56 Å². The van der Waals surface area contributed by atoms with Gasteiger partial charge in [-0.25, -0.2) is 8.42 Å². The average molecular weight is 303 g/mol. The lowest BCUT2D eigenvalue weighted by Crippen LogP contribution is -2.14. The van der Waals surface area contributed by atoms with E-state index in [4.69, 9.17) is 5.26 Å². The Labute approximate surface area is 103 Å². The Kier molecular flexibility index (Phi) is 4.33. The molecule has 1 N–H and O–H groups in total. The van der Waals surface area contributed by atoms with Crippen molar-refractivity contribution >= 4 is 31.5 Å². The fourth-order valence-corrected chi connectivity index (χ4v) is 2.09. The van der Waals surface area contributed by atoms with Gasteiger partial charge >= 0.3 is 0 Å². The zero-order chi connectivity index (χ0) is 12.2. The van der Waals surface area contributed by atoms with Crippen LogP contribution in [0.3, 0.4) is 0 Å². The summed E-state index contributed by atoms with van der Waals surface area (Å²) in [5.74, 6) is 0.0828. The summed E-state index contributed by atoms with van der Waals surface area (Å²) in [6, 6.07) is 7.12. The summed E-state index contributed by atoms with van der Waals surface area (Å²) < 4.78 is 22.6. The number of halogens is 1. The lowest BCUT2D eigenvalue weighted by atomic mass is 10.2. The fourth-order valence-electron chi connectivity index (χ4n) is 1.10. The molecule has 0 saturated carbocycles. The zero-order valence-corrected chi connectivity index (χ0v) is 11.1. The number of hydrogen-bond donors (Lipinski definition) is 1. The minimum absolute atomic E-state index is 0.0828. The van der Waals surface area contributed by atoms with Crippen LogP contribution in [0.25, 0.3) is 0 Å². The number of anilines is 1. The van der Waals surface area contributed by atoms with Gasteiger partial charge in [0.25, 0.3) is 0 Å². The smallest absolute Gasteiger partial charge is 0.149 e. The van der Waals surface area contributed by atoms with E-state index >= 15 is 0 Å². The van der Waals surface area contributed by atoms with Crippen LogP contribution in [-0.2, 0) is 9.84 Å². The molecule has 0 bridgehead atoms. The highest BCUT2D eigenvalue weighted by Crippen LogP contribution is 2.23. The molecule has 0 aliphatic rings. The predicted octanol–water partition coefficient (Wildman–Crippen LogP) is 1.78. The maximum absolute atomic E-state index is 10.9. The second kappa shape index (κ2) is 5.32. The van der Waals surface area contributed by atoms with Gasteiger partial charge in [-0.15, -0.1) is 0 Å². The van der Waals surface area contributed by atoms with Crippen LogP contribution in [0.5, 0.6) is 0 Å². The van der Waals surface area contributed by atoms with Crippen LogP contribution in [0.15, 0.2) is 22.7 Å². The van der Waals surface area contributed by atoms with Crippen molar-refractivity contribution in [3.8, 4) is 6.07 Å². The van der Waals surface area contributed by atoms with E-state index in [1.807, 2.05) is 6.07 Å². The number of nitriles is 1. The third-order valence-corrected chi connectivity index (χ3v) is 3.49. The van der Waals surface area contributed by atoms with Crippen molar-refractivity contribution in [3.05, 3.63) is 28.2 Å². The molecule has 0 unspecified atom stereocenters. The molecule has 1 aromatic rings. The molecule has 0 amide bonds. The van der Waals surface area contributed by atoms with Gasteiger partial charge in [0.1, 0.15) is 9.84 Å². The molecule has 1 aromatic carbocycles. The molecule has 0 fully saturated rings. The van der Waals surface area contributed by atoms with E-state index < -0.39 is 9.84 Å². The topological polar surface area (TPSA) is 70.0 Å². The SMILES string of the molecule is CS(=O)(=O)CCNc1ccc(C#N)cc1Br. The monoisotopic (exact) mass is 302 g/mol. The van der Waals surface area contributed by atoms with Gasteiger partial charge in [-0.3, -0.25) is 0 Å². The number of hydrogen-bond acceptors (Lipinski definition) is 4. The van der Waals surface area contributed by atoms with Crippen molar-refractivity contribution < 1.29 is 8.42 Å². The molecule has 0 aliphatic carbocycles. The van der Waals surface area contributed by atoms with E-state index in [1.165, 1.54) is 6.26 Å². The Morgan fingerprint density at radius 1 is 1.50 bits per heavy atom. The number of sulfone groups is 1. The molecule has 0 radical (unpaired) electrons. The minimum Gasteiger partial charge on any atom is -0.383 e. The third kappa shape index (κ3) is 4.21. The summed E-state index contributed by atoms with van der Waals surface area (Å²) >= 11 is 3.31. The third-order valence-electron chi connectivity index (χ3n) is 1.89. The lowest BCUT2D eigenvalue weighted by molar-refractivity contribution is 0.602. The van der Waals surface area contributed by atoms with Gasteiger partial charge in [0, 0.05) is 23.0 Å². The molecular weight excluding hydrogens is 292 g/mol. The van der Waals surface area contributed by atoms with Crippen LogP contribution < -0.4 is 5.32 Å². The first-order valence-electron chi connectivity index (χ1n) is 4.53. The van der Waals surface area contributed by atoms with Crippen molar-refractivity contribution in [2.45, 2.75) is 0 Å². The Morgan fingerprint density at radius 3 is 2.69 bits per heavy atom. The lowest BCUT2D eigenvalue weighted by Gasteiger charge is -2.07. The normalized spacial score (nSPS) is 10.8. The van der Waals surface area contributed by atoms with Crippen LogP contribution >= 0.6 is 15.9 Å². The average Bonchev–Trinajstić information content (AvgIpc) is 2.18. The predicted molar refractivity (Wildman–Crippen MR) is 67.1 cm³/mol. The van der Waals surface area contributed by atoms with E-state index in [0.29, 0.717) is 12.1 Å². The summed E-state index contributed by atoms with van der Waals surface area (Å²) in [7, 11) is -2.95. The van der Waals surface area contributed by atoms with Crippen molar-refractivity contribution in [1.82, 2.24) is 0 Å². The van der Waals surface area contributed by atoms with Crippen LogP contribution in [0.4, 0.5) is 5.69 Å². The maximum Gasteiger partial charge on any atom is 0.149 e. The van der Waals surface area contributed by atoms with Crippen LogP contribution in [-0.4, -0.2) is 27.0 Å². The number of nitrogens with zero attached hydrogens (tertiary/aromatic N) is 1. The fraction of sp³-hybridized carbons (Fsp3) is 0.300. The van der Waals surface area contributed by atoms with Gasteiger partial charge in [-0.05, 0) is 34.1 Å². The van der Waals surface area contributed by atoms with Crippen LogP contribution in [0.2, 0.25) is 0 Å². The number of nitrogens with one attached hydrogen (secondary N) is 1. The van der Waals surface area contributed by atoms with Gasteiger partial charge in [-0.1, -0.05) is 0 Å². The minimum atomic E-state index is -2.95. The highest BCUT2D eigenvalue weighted by molar-refractivity contribution is 9.10. The van der Waals surface area contributed by atoms with Crippen molar-refractivity contribution in [2.75, 3.05) is 23.9 Å². The van der Waals surface area contributed by atoms with E-state index in [1.54, 1.807) is 18.2 Å². The van der Waals surface area contributed by atoms with Crippen LogP contribution in [0, 0.1) is 11.3 Å². The standard InChI is InChI=1S/C10H11BrN2O2S/c1-16(14,15)5-4-13-10-3-2-8(7-12)6-9(10)11/h2-3,6,13H,4-5H2,1H3. The van der Waals surface area contributed by atoms with E-state index in [-0.39, 0.29) is 5.75 Å². The Bertz CT molecular complexity index is 520. The molecular formula is C10H11BrN2O2S. The highest BCUT2D eigenvalue weighted by atomic mass is 79.9. The summed E-state index contributed by atoms with van der Waals surface area (Å²) in [6.45, 7) is 0.351. The maximum atomic E-state index is 10.9. The van der Waals surface area contributed by atoms with E-state index in [9.17, 15) is 8.42 Å². The number of benzene rings is 1. The van der Waals surface area contributed by atoms with E-state index in [0.717, 1.165) is 10.2 Å². The molecule has 0 aliphatic heterocycles. The number of rotatable bonds is 4. The molecule has 16 heavy (non-hydrogen) atoms. The van der Waals surface area contributed by atoms with E-state index in [2.05, 4.69) is 21.2 Å². The Hall–Kier alpha value is -1.06. The van der Waals surface area contributed by atoms with Gasteiger partial charge in [0.15, 0.2) is 0 Å². The second-order valence-electron chi connectivity index (χ2n) is 3.36. The quantitative estimate of drug-likeness (QED) is 0.920. The molecule has 4 nitrogen and oxygen atoms in total. The molecule has 6 heteroatoms. The largest absolute Gasteiger partial charge is 0.383 e. The van der Waals surface area contributed by atoms with Crippen molar-refractivity contribution in [2.24, 2.45) is 0 Å². The first kappa shape index (κ1) is 13.0. The van der Waals surface area contributed by atoms with Crippen molar-refractivity contribution in [1.29, 1.82) is 5.26 Å². The Morgan fingerprint density at radius 2 is 2.19 bits per heavy atom. The molecule has 0 atom stereocenters. The van der Waals surface area contributed by atoms with Gasteiger partial charge in [-0.2, -0.15) is 5.26 Å². The molecule has 86 valence electrons. The summed E-state index contributed by atoms with van der Waals surface area (Å²) in [6.07, 6.45) is 1.20. The van der Waals surface area contributed by atoms with Gasteiger partial charge < -0.3 is 5.32 Å².